The van der Waals surface area contributed by atoms with E-state index < -0.39 is 0 Å². The third kappa shape index (κ3) is 3.94. The maximum absolute atomic E-state index is 11.5. The van der Waals surface area contributed by atoms with Gasteiger partial charge >= 0.3 is 0 Å². The summed E-state index contributed by atoms with van der Waals surface area (Å²) in [5.74, 6) is 1.57. The van der Waals surface area contributed by atoms with Crippen molar-refractivity contribution in [2.75, 3.05) is 23.7 Å². The highest BCUT2D eigenvalue weighted by molar-refractivity contribution is 5.81. The Balaban J connectivity index is 1.80. The van der Waals surface area contributed by atoms with E-state index in [0.717, 1.165) is 31.0 Å². The van der Waals surface area contributed by atoms with Crippen LogP contribution in [0.15, 0.2) is 18.2 Å². The number of hydrogen-bond donors (Lipinski definition) is 3. The van der Waals surface area contributed by atoms with E-state index in [0.29, 0.717) is 6.04 Å². The second-order valence-electron chi connectivity index (χ2n) is 4.13. The maximum atomic E-state index is 11.5. The van der Waals surface area contributed by atoms with Gasteiger partial charge in [-0.3, -0.25) is 4.79 Å². The summed E-state index contributed by atoms with van der Waals surface area (Å²) >= 11 is 0. The van der Waals surface area contributed by atoms with Gasteiger partial charge in [0, 0.05) is 12.6 Å². The molecule has 2 rings (SSSR count). The Bertz CT molecular complexity index is 390. The van der Waals surface area contributed by atoms with E-state index in [1.807, 2.05) is 25.1 Å². The van der Waals surface area contributed by atoms with E-state index in [2.05, 4.69) is 20.9 Å². The van der Waals surface area contributed by atoms with E-state index >= 15 is 0 Å². The van der Waals surface area contributed by atoms with Crippen LogP contribution >= 0.6 is 0 Å². The van der Waals surface area contributed by atoms with Crippen LogP contribution in [0.4, 0.5) is 11.6 Å². The molecule has 3 N–H and O–H groups in total. The number of rotatable bonds is 6. The van der Waals surface area contributed by atoms with Crippen LogP contribution in [0.25, 0.3) is 0 Å². The molecule has 0 unspecified atom stereocenters. The standard InChI is InChI=1S/C12H18N4O/c1-2-13-10-4-3-5-11(16-10)14-8-12(17)15-9-6-7-9/h3-5,9H,2,6-8H2,1H3,(H,15,17)(H2,13,14,16). The van der Waals surface area contributed by atoms with Crippen LogP contribution in [0.1, 0.15) is 19.8 Å². The Morgan fingerprint density at radius 3 is 2.71 bits per heavy atom. The van der Waals surface area contributed by atoms with Crippen molar-refractivity contribution >= 4 is 17.5 Å². The molecule has 0 aliphatic heterocycles. The number of anilines is 2. The van der Waals surface area contributed by atoms with Gasteiger partial charge in [0.05, 0.1) is 6.54 Å². The number of carbonyl (C=O) groups excluding carboxylic acids is 1. The molecule has 17 heavy (non-hydrogen) atoms. The Labute approximate surface area is 101 Å². The highest BCUT2D eigenvalue weighted by Crippen LogP contribution is 2.18. The van der Waals surface area contributed by atoms with E-state index in [1.54, 1.807) is 0 Å². The molecule has 1 aliphatic carbocycles. The van der Waals surface area contributed by atoms with Gasteiger partial charge in [0.15, 0.2) is 0 Å². The van der Waals surface area contributed by atoms with Gasteiger partial charge in [-0.15, -0.1) is 0 Å². The second-order valence-corrected chi connectivity index (χ2v) is 4.13. The summed E-state index contributed by atoms with van der Waals surface area (Å²) in [4.78, 5) is 15.8. The third-order valence-electron chi connectivity index (χ3n) is 2.48. The zero-order valence-corrected chi connectivity index (χ0v) is 9.99. The molecule has 0 bridgehead atoms. The molecule has 0 saturated heterocycles. The quantitative estimate of drug-likeness (QED) is 0.692. The molecule has 92 valence electrons. The summed E-state index contributed by atoms with van der Waals surface area (Å²) in [6.07, 6.45) is 2.22. The van der Waals surface area contributed by atoms with Gasteiger partial charge in [-0.25, -0.2) is 4.98 Å². The SMILES string of the molecule is CCNc1cccc(NCC(=O)NC2CC2)n1. The van der Waals surface area contributed by atoms with Gasteiger partial charge < -0.3 is 16.0 Å². The molecule has 1 aromatic rings. The van der Waals surface area contributed by atoms with Crippen molar-refractivity contribution in [2.45, 2.75) is 25.8 Å². The minimum Gasteiger partial charge on any atom is -0.370 e. The molecule has 0 atom stereocenters. The van der Waals surface area contributed by atoms with Crippen LogP contribution in [0.3, 0.4) is 0 Å². The highest BCUT2D eigenvalue weighted by atomic mass is 16.2. The Kier molecular flexibility index (Phi) is 3.80. The highest BCUT2D eigenvalue weighted by Gasteiger charge is 2.22. The molecule has 1 aliphatic rings. The summed E-state index contributed by atoms with van der Waals surface area (Å²) < 4.78 is 0. The zero-order valence-electron chi connectivity index (χ0n) is 9.99. The first-order valence-corrected chi connectivity index (χ1v) is 6.02. The molecule has 1 amide bonds. The Morgan fingerprint density at radius 2 is 2.06 bits per heavy atom. The smallest absolute Gasteiger partial charge is 0.239 e. The van der Waals surface area contributed by atoms with Gasteiger partial charge in [0.1, 0.15) is 11.6 Å². The first kappa shape index (κ1) is 11.7. The fourth-order valence-corrected chi connectivity index (χ4v) is 1.49. The van der Waals surface area contributed by atoms with Gasteiger partial charge in [-0.2, -0.15) is 0 Å². The molecule has 0 spiro atoms. The molecule has 1 saturated carbocycles. The number of nitrogens with zero attached hydrogens (tertiary/aromatic N) is 1. The molecule has 1 aromatic heterocycles. The average molecular weight is 234 g/mol. The first-order chi connectivity index (χ1) is 8.28. The Morgan fingerprint density at radius 1 is 1.35 bits per heavy atom. The summed E-state index contributed by atoms with van der Waals surface area (Å²) in [5.41, 5.74) is 0. The van der Waals surface area contributed by atoms with Crippen LogP contribution in [0.5, 0.6) is 0 Å². The average Bonchev–Trinajstić information content (AvgIpc) is 3.11. The van der Waals surface area contributed by atoms with Crippen LogP contribution in [0.2, 0.25) is 0 Å². The van der Waals surface area contributed by atoms with Crippen molar-refractivity contribution in [2.24, 2.45) is 0 Å². The predicted molar refractivity (Wildman–Crippen MR) is 68.1 cm³/mol. The molecule has 0 aromatic carbocycles. The minimum atomic E-state index is 0.0307. The summed E-state index contributed by atoms with van der Waals surface area (Å²) in [6.45, 7) is 3.13. The number of carbonyl (C=O) groups is 1. The Hall–Kier alpha value is -1.78. The molecular formula is C12H18N4O. The lowest BCUT2D eigenvalue weighted by Crippen LogP contribution is -2.31. The summed E-state index contributed by atoms with van der Waals surface area (Å²) in [7, 11) is 0. The molecule has 5 nitrogen and oxygen atoms in total. The number of nitrogens with one attached hydrogen (secondary N) is 3. The molecule has 1 heterocycles. The van der Waals surface area contributed by atoms with Crippen LogP contribution < -0.4 is 16.0 Å². The van der Waals surface area contributed by atoms with Crippen molar-refractivity contribution in [1.82, 2.24) is 10.3 Å². The predicted octanol–water partition coefficient (Wildman–Crippen LogP) is 1.20. The van der Waals surface area contributed by atoms with Crippen LogP contribution in [-0.2, 0) is 4.79 Å². The van der Waals surface area contributed by atoms with Crippen LogP contribution in [0, 0.1) is 0 Å². The van der Waals surface area contributed by atoms with Crippen LogP contribution in [-0.4, -0.2) is 30.0 Å². The van der Waals surface area contributed by atoms with Gasteiger partial charge in [-0.1, -0.05) is 6.07 Å². The van der Waals surface area contributed by atoms with E-state index in [1.165, 1.54) is 0 Å². The molecular weight excluding hydrogens is 216 g/mol. The lowest BCUT2D eigenvalue weighted by Gasteiger charge is -2.08. The van der Waals surface area contributed by atoms with Gasteiger partial charge in [0.25, 0.3) is 0 Å². The first-order valence-electron chi connectivity index (χ1n) is 6.02. The number of amides is 1. The van der Waals surface area contributed by atoms with E-state index in [-0.39, 0.29) is 12.5 Å². The number of aromatic nitrogens is 1. The molecule has 5 heteroatoms. The lowest BCUT2D eigenvalue weighted by atomic mass is 10.4. The number of hydrogen-bond acceptors (Lipinski definition) is 4. The van der Waals surface area contributed by atoms with Crippen molar-refractivity contribution in [1.29, 1.82) is 0 Å². The van der Waals surface area contributed by atoms with Crippen molar-refractivity contribution in [3.63, 3.8) is 0 Å². The largest absolute Gasteiger partial charge is 0.370 e. The van der Waals surface area contributed by atoms with Gasteiger partial charge in [0.2, 0.25) is 5.91 Å². The van der Waals surface area contributed by atoms with Crippen molar-refractivity contribution < 1.29 is 4.79 Å². The van der Waals surface area contributed by atoms with Gasteiger partial charge in [-0.05, 0) is 31.9 Å². The van der Waals surface area contributed by atoms with Crippen molar-refractivity contribution in [3.05, 3.63) is 18.2 Å². The second kappa shape index (κ2) is 5.52. The third-order valence-corrected chi connectivity index (χ3v) is 2.48. The van der Waals surface area contributed by atoms with E-state index in [9.17, 15) is 4.79 Å². The number of pyridine rings is 1. The maximum Gasteiger partial charge on any atom is 0.239 e. The normalized spacial score (nSPS) is 14.2. The van der Waals surface area contributed by atoms with E-state index in [4.69, 9.17) is 0 Å². The minimum absolute atomic E-state index is 0.0307. The summed E-state index contributed by atoms with van der Waals surface area (Å²) in [6, 6.07) is 6.07. The zero-order chi connectivity index (χ0) is 12.1. The fourth-order valence-electron chi connectivity index (χ4n) is 1.49. The molecule has 1 fully saturated rings. The van der Waals surface area contributed by atoms with Crippen molar-refractivity contribution in [3.8, 4) is 0 Å². The summed E-state index contributed by atoms with van der Waals surface area (Å²) in [5, 5.41) is 9.06. The fraction of sp³-hybridized carbons (Fsp3) is 0.500. The monoisotopic (exact) mass is 234 g/mol. The molecule has 0 radical (unpaired) electrons. The lowest BCUT2D eigenvalue weighted by molar-refractivity contribution is -0.119. The topological polar surface area (TPSA) is 66.0 Å².